The number of aliphatic hydroxyl groups excluding tert-OH is 1. The topological polar surface area (TPSA) is 41.5 Å². The molecule has 0 atom stereocenters. The molecule has 0 fully saturated rings. The number of hydrogen-bond acceptors (Lipinski definition) is 3. The number of rotatable bonds is 8. The van der Waals surface area contributed by atoms with Gasteiger partial charge < -0.3 is 15.2 Å². The molecule has 3 nitrogen and oxygen atoms in total. The third-order valence-electron chi connectivity index (χ3n) is 2.51. The SMILES string of the molecule is CC(C)(COCc1ccccc1)NCCCO. The molecule has 0 aliphatic heterocycles. The van der Waals surface area contributed by atoms with Gasteiger partial charge in [0.2, 0.25) is 0 Å². The van der Waals surface area contributed by atoms with E-state index in [1.54, 1.807) is 0 Å². The maximum atomic E-state index is 8.72. The van der Waals surface area contributed by atoms with Crippen molar-refractivity contribution in [3.05, 3.63) is 35.9 Å². The molecule has 1 aromatic rings. The van der Waals surface area contributed by atoms with Gasteiger partial charge in [0.05, 0.1) is 13.2 Å². The van der Waals surface area contributed by atoms with Crippen LogP contribution in [0.1, 0.15) is 25.8 Å². The molecule has 0 saturated carbocycles. The molecular formula is C14H23NO2. The predicted octanol–water partition coefficient (Wildman–Crippen LogP) is 1.95. The van der Waals surface area contributed by atoms with E-state index in [1.165, 1.54) is 5.56 Å². The summed E-state index contributed by atoms with van der Waals surface area (Å²) in [6.45, 7) is 6.57. The van der Waals surface area contributed by atoms with Crippen molar-refractivity contribution in [1.82, 2.24) is 5.32 Å². The predicted molar refractivity (Wildman–Crippen MR) is 69.9 cm³/mol. The van der Waals surface area contributed by atoms with Crippen LogP contribution in [0.2, 0.25) is 0 Å². The number of hydrogen-bond donors (Lipinski definition) is 2. The molecule has 1 rings (SSSR count). The van der Waals surface area contributed by atoms with Crippen molar-refractivity contribution in [3.63, 3.8) is 0 Å². The molecule has 17 heavy (non-hydrogen) atoms. The van der Waals surface area contributed by atoms with Crippen molar-refractivity contribution in [2.75, 3.05) is 19.8 Å². The van der Waals surface area contributed by atoms with Gasteiger partial charge in [-0.25, -0.2) is 0 Å². The largest absolute Gasteiger partial charge is 0.396 e. The Morgan fingerprint density at radius 1 is 1.24 bits per heavy atom. The molecule has 0 aliphatic rings. The van der Waals surface area contributed by atoms with Gasteiger partial charge in [0.1, 0.15) is 0 Å². The summed E-state index contributed by atoms with van der Waals surface area (Å²) in [4.78, 5) is 0. The number of ether oxygens (including phenoxy) is 1. The van der Waals surface area contributed by atoms with Crippen LogP contribution in [0.15, 0.2) is 30.3 Å². The molecule has 0 unspecified atom stereocenters. The summed E-state index contributed by atoms with van der Waals surface area (Å²) in [5, 5.41) is 12.1. The molecule has 0 bridgehead atoms. The summed E-state index contributed by atoms with van der Waals surface area (Å²) in [5.74, 6) is 0. The van der Waals surface area contributed by atoms with Gasteiger partial charge >= 0.3 is 0 Å². The van der Waals surface area contributed by atoms with E-state index in [9.17, 15) is 0 Å². The lowest BCUT2D eigenvalue weighted by atomic mass is 10.1. The number of nitrogens with one attached hydrogen (secondary N) is 1. The molecular weight excluding hydrogens is 214 g/mol. The van der Waals surface area contributed by atoms with E-state index in [1.807, 2.05) is 18.2 Å². The Morgan fingerprint density at radius 2 is 1.94 bits per heavy atom. The van der Waals surface area contributed by atoms with Gasteiger partial charge in [0, 0.05) is 12.1 Å². The lowest BCUT2D eigenvalue weighted by Crippen LogP contribution is -2.44. The van der Waals surface area contributed by atoms with Gasteiger partial charge in [-0.15, -0.1) is 0 Å². The van der Waals surface area contributed by atoms with Crippen LogP contribution in [0, 0.1) is 0 Å². The van der Waals surface area contributed by atoms with Crippen LogP contribution in [-0.4, -0.2) is 30.4 Å². The average molecular weight is 237 g/mol. The standard InChI is InChI=1S/C14H23NO2/c1-14(2,15-9-6-10-16)12-17-11-13-7-4-3-5-8-13/h3-5,7-8,15-16H,6,9-12H2,1-2H3. The van der Waals surface area contributed by atoms with E-state index >= 15 is 0 Å². The lowest BCUT2D eigenvalue weighted by Gasteiger charge is -2.26. The van der Waals surface area contributed by atoms with E-state index in [4.69, 9.17) is 9.84 Å². The molecule has 0 saturated heterocycles. The minimum Gasteiger partial charge on any atom is -0.396 e. The Bertz CT molecular complexity index is 298. The zero-order chi connectivity index (χ0) is 12.6. The zero-order valence-corrected chi connectivity index (χ0v) is 10.8. The summed E-state index contributed by atoms with van der Waals surface area (Å²) in [6, 6.07) is 10.2. The maximum absolute atomic E-state index is 8.72. The van der Waals surface area contributed by atoms with Gasteiger partial charge in [-0.2, -0.15) is 0 Å². The van der Waals surface area contributed by atoms with E-state index in [0.29, 0.717) is 13.2 Å². The Labute approximate surface area is 104 Å². The molecule has 0 aromatic heterocycles. The first-order valence-electron chi connectivity index (χ1n) is 6.11. The fraction of sp³-hybridized carbons (Fsp3) is 0.571. The lowest BCUT2D eigenvalue weighted by molar-refractivity contribution is 0.0704. The molecule has 3 heteroatoms. The highest BCUT2D eigenvalue weighted by Crippen LogP contribution is 2.06. The van der Waals surface area contributed by atoms with E-state index in [-0.39, 0.29) is 12.1 Å². The van der Waals surface area contributed by atoms with Gasteiger partial charge in [0.15, 0.2) is 0 Å². The van der Waals surface area contributed by atoms with Gasteiger partial charge in [-0.05, 0) is 32.4 Å². The van der Waals surface area contributed by atoms with Crippen molar-refractivity contribution in [2.45, 2.75) is 32.4 Å². The second-order valence-corrected chi connectivity index (χ2v) is 4.87. The second kappa shape index (κ2) is 7.43. The highest BCUT2D eigenvalue weighted by molar-refractivity contribution is 5.13. The fourth-order valence-electron chi connectivity index (χ4n) is 1.56. The Kier molecular flexibility index (Phi) is 6.19. The zero-order valence-electron chi connectivity index (χ0n) is 10.8. The van der Waals surface area contributed by atoms with Crippen molar-refractivity contribution >= 4 is 0 Å². The monoisotopic (exact) mass is 237 g/mol. The molecule has 96 valence electrons. The van der Waals surface area contributed by atoms with Crippen LogP contribution >= 0.6 is 0 Å². The quantitative estimate of drug-likeness (QED) is 0.679. The van der Waals surface area contributed by atoms with Crippen LogP contribution in [0.3, 0.4) is 0 Å². The van der Waals surface area contributed by atoms with Crippen molar-refractivity contribution in [2.24, 2.45) is 0 Å². The number of benzene rings is 1. The van der Waals surface area contributed by atoms with E-state index in [2.05, 4.69) is 31.3 Å². The van der Waals surface area contributed by atoms with Crippen LogP contribution in [0.5, 0.6) is 0 Å². The van der Waals surface area contributed by atoms with Crippen LogP contribution in [0.4, 0.5) is 0 Å². The smallest absolute Gasteiger partial charge is 0.0717 e. The number of aliphatic hydroxyl groups is 1. The van der Waals surface area contributed by atoms with Crippen molar-refractivity contribution in [1.29, 1.82) is 0 Å². The third-order valence-corrected chi connectivity index (χ3v) is 2.51. The first-order valence-corrected chi connectivity index (χ1v) is 6.11. The van der Waals surface area contributed by atoms with Gasteiger partial charge in [0.25, 0.3) is 0 Å². The molecule has 0 spiro atoms. The maximum Gasteiger partial charge on any atom is 0.0717 e. The first kappa shape index (κ1) is 14.2. The normalized spacial score (nSPS) is 11.7. The fourth-order valence-corrected chi connectivity index (χ4v) is 1.56. The van der Waals surface area contributed by atoms with E-state index < -0.39 is 0 Å². The average Bonchev–Trinajstić information content (AvgIpc) is 2.30. The van der Waals surface area contributed by atoms with Crippen LogP contribution < -0.4 is 5.32 Å². The Morgan fingerprint density at radius 3 is 2.59 bits per heavy atom. The molecule has 1 aromatic carbocycles. The minimum atomic E-state index is -0.0516. The minimum absolute atomic E-state index is 0.0516. The molecule has 0 aliphatic carbocycles. The summed E-state index contributed by atoms with van der Waals surface area (Å²) < 4.78 is 5.69. The molecule has 0 radical (unpaired) electrons. The van der Waals surface area contributed by atoms with Crippen molar-refractivity contribution in [3.8, 4) is 0 Å². The third kappa shape index (κ3) is 6.41. The molecule has 0 heterocycles. The van der Waals surface area contributed by atoms with Crippen LogP contribution in [-0.2, 0) is 11.3 Å². The Balaban J connectivity index is 2.20. The first-order chi connectivity index (χ1) is 8.14. The van der Waals surface area contributed by atoms with Crippen molar-refractivity contribution < 1.29 is 9.84 Å². The van der Waals surface area contributed by atoms with Gasteiger partial charge in [-0.1, -0.05) is 30.3 Å². The highest BCUT2D eigenvalue weighted by atomic mass is 16.5. The van der Waals surface area contributed by atoms with Gasteiger partial charge in [-0.3, -0.25) is 0 Å². The second-order valence-electron chi connectivity index (χ2n) is 4.87. The molecule has 0 amide bonds. The summed E-state index contributed by atoms with van der Waals surface area (Å²) in [5.41, 5.74) is 1.14. The summed E-state index contributed by atoms with van der Waals surface area (Å²) >= 11 is 0. The summed E-state index contributed by atoms with van der Waals surface area (Å²) in [7, 11) is 0. The van der Waals surface area contributed by atoms with E-state index in [0.717, 1.165) is 13.0 Å². The molecule has 2 N–H and O–H groups in total. The Hall–Kier alpha value is -0.900. The summed E-state index contributed by atoms with van der Waals surface area (Å²) in [6.07, 6.45) is 0.780. The van der Waals surface area contributed by atoms with Crippen LogP contribution in [0.25, 0.3) is 0 Å². The highest BCUT2D eigenvalue weighted by Gasteiger charge is 2.16.